The molecule has 0 bridgehead atoms. The molecule has 1 aromatic rings. The highest BCUT2D eigenvalue weighted by atomic mass is 16.6. The van der Waals surface area contributed by atoms with E-state index in [0.717, 1.165) is 18.5 Å². The van der Waals surface area contributed by atoms with Gasteiger partial charge in [-0.05, 0) is 33.2 Å². The number of nitrogens with one attached hydrogen (secondary N) is 1. The number of benzene rings is 1. The topological polar surface area (TPSA) is 55.2 Å². The van der Waals surface area contributed by atoms with E-state index in [4.69, 9.17) is 0 Å². The fourth-order valence-electron chi connectivity index (χ4n) is 1.56. The van der Waals surface area contributed by atoms with Crippen LogP contribution in [-0.2, 0) is 6.42 Å². The van der Waals surface area contributed by atoms with Crippen molar-refractivity contribution in [1.82, 2.24) is 5.32 Å². The lowest BCUT2D eigenvalue weighted by molar-refractivity contribution is -0.385. The SMILES string of the molecule is CCC(C)(C)NCCc1ccccc1[N+](=O)[O-]. The molecule has 0 fully saturated rings. The molecule has 0 aliphatic rings. The molecule has 17 heavy (non-hydrogen) atoms. The maximum absolute atomic E-state index is 10.8. The molecule has 0 aromatic heterocycles. The van der Waals surface area contributed by atoms with Crippen LogP contribution in [0.1, 0.15) is 32.8 Å². The minimum Gasteiger partial charge on any atom is -0.311 e. The van der Waals surface area contributed by atoms with E-state index in [2.05, 4.69) is 26.1 Å². The van der Waals surface area contributed by atoms with Crippen molar-refractivity contribution in [2.75, 3.05) is 6.54 Å². The third kappa shape index (κ3) is 4.15. The highest BCUT2D eigenvalue weighted by molar-refractivity contribution is 5.39. The predicted molar refractivity (Wildman–Crippen MR) is 69.2 cm³/mol. The van der Waals surface area contributed by atoms with Crippen LogP contribution in [0.5, 0.6) is 0 Å². The number of nitrogens with zero attached hydrogens (tertiary/aromatic N) is 1. The fraction of sp³-hybridized carbons (Fsp3) is 0.538. The molecule has 1 rings (SSSR count). The van der Waals surface area contributed by atoms with Crippen LogP contribution in [0, 0.1) is 10.1 Å². The average molecular weight is 236 g/mol. The predicted octanol–water partition coefficient (Wildman–Crippen LogP) is 2.92. The molecule has 1 aromatic carbocycles. The largest absolute Gasteiger partial charge is 0.311 e. The zero-order valence-corrected chi connectivity index (χ0v) is 10.7. The fourth-order valence-corrected chi connectivity index (χ4v) is 1.56. The zero-order valence-electron chi connectivity index (χ0n) is 10.7. The van der Waals surface area contributed by atoms with E-state index in [1.807, 2.05) is 12.1 Å². The second-order valence-corrected chi connectivity index (χ2v) is 4.80. The Morgan fingerprint density at radius 3 is 2.59 bits per heavy atom. The van der Waals surface area contributed by atoms with E-state index in [-0.39, 0.29) is 16.1 Å². The van der Waals surface area contributed by atoms with E-state index < -0.39 is 0 Å². The second kappa shape index (κ2) is 5.77. The molecular weight excluding hydrogens is 216 g/mol. The van der Waals surface area contributed by atoms with Gasteiger partial charge in [0.05, 0.1) is 4.92 Å². The van der Waals surface area contributed by atoms with Gasteiger partial charge < -0.3 is 5.32 Å². The smallest absolute Gasteiger partial charge is 0.272 e. The maximum atomic E-state index is 10.8. The van der Waals surface area contributed by atoms with Crippen LogP contribution in [0.4, 0.5) is 5.69 Å². The first kappa shape index (κ1) is 13.6. The van der Waals surface area contributed by atoms with Gasteiger partial charge in [0.15, 0.2) is 0 Å². The Hall–Kier alpha value is -1.42. The molecule has 0 aliphatic heterocycles. The Morgan fingerprint density at radius 2 is 2.00 bits per heavy atom. The number of rotatable bonds is 6. The van der Waals surface area contributed by atoms with Gasteiger partial charge in [0.1, 0.15) is 0 Å². The standard InChI is InChI=1S/C13H20N2O2/c1-4-13(2,3)14-10-9-11-7-5-6-8-12(11)15(16)17/h5-8,14H,4,9-10H2,1-3H3. The summed E-state index contributed by atoms with van der Waals surface area (Å²) in [5.74, 6) is 0. The summed E-state index contributed by atoms with van der Waals surface area (Å²) >= 11 is 0. The second-order valence-electron chi connectivity index (χ2n) is 4.80. The van der Waals surface area contributed by atoms with Gasteiger partial charge in [0.2, 0.25) is 0 Å². The van der Waals surface area contributed by atoms with Crippen LogP contribution in [-0.4, -0.2) is 17.0 Å². The van der Waals surface area contributed by atoms with E-state index in [0.29, 0.717) is 6.42 Å². The quantitative estimate of drug-likeness (QED) is 0.610. The van der Waals surface area contributed by atoms with Crippen molar-refractivity contribution < 1.29 is 4.92 Å². The first-order valence-electron chi connectivity index (χ1n) is 5.93. The van der Waals surface area contributed by atoms with Gasteiger partial charge in [-0.15, -0.1) is 0 Å². The average Bonchev–Trinajstić information content (AvgIpc) is 2.29. The van der Waals surface area contributed by atoms with E-state index >= 15 is 0 Å². The lowest BCUT2D eigenvalue weighted by Gasteiger charge is -2.24. The van der Waals surface area contributed by atoms with Gasteiger partial charge in [-0.2, -0.15) is 0 Å². The lowest BCUT2D eigenvalue weighted by atomic mass is 10.0. The van der Waals surface area contributed by atoms with Gasteiger partial charge in [-0.1, -0.05) is 25.1 Å². The van der Waals surface area contributed by atoms with Crippen LogP contribution in [0.2, 0.25) is 0 Å². The summed E-state index contributed by atoms with van der Waals surface area (Å²) in [7, 11) is 0. The molecule has 0 aliphatic carbocycles. The maximum Gasteiger partial charge on any atom is 0.272 e. The first-order valence-corrected chi connectivity index (χ1v) is 5.93. The number of para-hydroxylation sites is 1. The molecule has 0 saturated carbocycles. The third-order valence-electron chi connectivity index (χ3n) is 3.07. The molecule has 0 radical (unpaired) electrons. The van der Waals surface area contributed by atoms with E-state index in [9.17, 15) is 10.1 Å². The molecule has 0 spiro atoms. The summed E-state index contributed by atoms with van der Waals surface area (Å²) in [5, 5.41) is 14.2. The first-order chi connectivity index (χ1) is 7.96. The van der Waals surface area contributed by atoms with Crippen LogP contribution < -0.4 is 5.32 Å². The van der Waals surface area contributed by atoms with Crippen molar-refractivity contribution in [2.24, 2.45) is 0 Å². The van der Waals surface area contributed by atoms with Gasteiger partial charge in [-0.3, -0.25) is 10.1 Å². The Labute approximate surface area is 102 Å². The summed E-state index contributed by atoms with van der Waals surface area (Å²) in [6.07, 6.45) is 1.71. The Kier molecular flexibility index (Phi) is 4.63. The number of nitro groups is 1. The van der Waals surface area contributed by atoms with Gasteiger partial charge >= 0.3 is 0 Å². The number of hydrogen-bond donors (Lipinski definition) is 1. The van der Waals surface area contributed by atoms with Gasteiger partial charge in [-0.25, -0.2) is 0 Å². The Balaban J connectivity index is 2.61. The lowest BCUT2D eigenvalue weighted by Crippen LogP contribution is -2.39. The minimum atomic E-state index is -0.319. The van der Waals surface area contributed by atoms with Gasteiger partial charge in [0, 0.05) is 17.2 Å². The van der Waals surface area contributed by atoms with Crippen LogP contribution in [0.3, 0.4) is 0 Å². The highest BCUT2D eigenvalue weighted by Gasteiger charge is 2.15. The number of hydrogen-bond acceptors (Lipinski definition) is 3. The molecule has 0 atom stereocenters. The van der Waals surface area contributed by atoms with Crippen molar-refractivity contribution in [1.29, 1.82) is 0 Å². The normalized spacial score (nSPS) is 11.5. The summed E-state index contributed by atoms with van der Waals surface area (Å²) in [5.41, 5.74) is 1.09. The van der Waals surface area contributed by atoms with Crippen molar-refractivity contribution in [3.63, 3.8) is 0 Å². The molecule has 4 heteroatoms. The molecule has 0 amide bonds. The van der Waals surface area contributed by atoms with Crippen LogP contribution in [0.15, 0.2) is 24.3 Å². The summed E-state index contributed by atoms with van der Waals surface area (Å²) in [4.78, 5) is 10.5. The zero-order chi connectivity index (χ0) is 12.9. The molecular formula is C13H20N2O2. The molecule has 94 valence electrons. The highest BCUT2D eigenvalue weighted by Crippen LogP contribution is 2.18. The monoisotopic (exact) mass is 236 g/mol. The molecule has 0 unspecified atom stereocenters. The van der Waals surface area contributed by atoms with Crippen molar-refractivity contribution in [3.05, 3.63) is 39.9 Å². The van der Waals surface area contributed by atoms with Crippen molar-refractivity contribution >= 4 is 5.69 Å². The molecule has 4 nitrogen and oxygen atoms in total. The van der Waals surface area contributed by atoms with Crippen molar-refractivity contribution in [2.45, 2.75) is 39.2 Å². The molecule has 0 heterocycles. The number of nitro benzene ring substituents is 1. The Bertz CT molecular complexity index is 389. The van der Waals surface area contributed by atoms with Crippen LogP contribution >= 0.6 is 0 Å². The molecule has 1 N–H and O–H groups in total. The van der Waals surface area contributed by atoms with Crippen LogP contribution in [0.25, 0.3) is 0 Å². The summed E-state index contributed by atoms with van der Waals surface area (Å²) in [6, 6.07) is 6.91. The minimum absolute atomic E-state index is 0.0869. The summed E-state index contributed by atoms with van der Waals surface area (Å²) < 4.78 is 0. The Morgan fingerprint density at radius 1 is 1.35 bits per heavy atom. The van der Waals surface area contributed by atoms with Crippen molar-refractivity contribution in [3.8, 4) is 0 Å². The molecule has 0 saturated heterocycles. The summed E-state index contributed by atoms with van der Waals surface area (Å²) in [6.45, 7) is 7.14. The van der Waals surface area contributed by atoms with E-state index in [1.54, 1.807) is 12.1 Å². The van der Waals surface area contributed by atoms with E-state index in [1.165, 1.54) is 0 Å². The third-order valence-corrected chi connectivity index (χ3v) is 3.07. The van der Waals surface area contributed by atoms with Gasteiger partial charge in [0.25, 0.3) is 5.69 Å².